The number of benzene rings is 2. The third kappa shape index (κ3) is 4.39. The summed E-state index contributed by atoms with van der Waals surface area (Å²) in [5.74, 6) is -0.000709. The normalized spacial score (nSPS) is 13.1. The lowest BCUT2D eigenvalue weighted by molar-refractivity contribution is 0.582. The third-order valence-corrected chi connectivity index (χ3v) is 5.30. The minimum Gasteiger partial charge on any atom is -0.302 e. The van der Waals surface area contributed by atoms with Crippen LogP contribution in [0, 0.1) is 11.8 Å². The first-order chi connectivity index (χ1) is 13.0. The standard InChI is InChI=1S/C21H20BrN3O2/c1-14-5-3-4-6-18(14)19(15-7-9-17(22)10-8-15)11-20(24-27)16-12-23-21(26)25(2)13-16/h3-10,12-13,19-20H,11H2,1-2H3. The van der Waals surface area contributed by atoms with Crippen LogP contribution in [0.15, 0.2) is 75.4 Å². The third-order valence-electron chi connectivity index (χ3n) is 4.78. The Morgan fingerprint density at radius 2 is 1.81 bits per heavy atom. The first-order valence-electron chi connectivity index (χ1n) is 8.65. The summed E-state index contributed by atoms with van der Waals surface area (Å²) < 4.78 is 2.37. The molecule has 0 saturated heterocycles. The van der Waals surface area contributed by atoms with E-state index in [2.05, 4.69) is 57.3 Å². The van der Waals surface area contributed by atoms with Gasteiger partial charge >= 0.3 is 5.69 Å². The Hall–Kier alpha value is -2.60. The summed E-state index contributed by atoms with van der Waals surface area (Å²) in [5.41, 5.74) is 3.72. The summed E-state index contributed by atoms with van der Waals surface area (Å²) in [6.07, 6.45) is 3.58. The lowest BCUT2D eigenvalue weighted by Gasteiger charge is -2.23. The van der Waals surface area contributed by atoms with Crippen molar-refractivity contribution < 1.29 is 0 Å². The molecule has 0 aliphatic heterocycles. The highest BCUT2D eigenvalue weighted by Gasteiger charge is 2.24. The van der Waals surface area contributed by atoms with Crippen molar-refractivity contribution in [2.24, 2.45) is 12.2 Å². The van der Waals surface area contributed by atoms with Crippen LogP contribution in [-0.2, 0) is 7.05 Å². The molecule has 3 rings (SSSR count). The second-order valence-corrected chi connectivity index (χ2v) is 7.51. The maximum Gasteiger partial charge on any atom is 0.347 e. The van der Waals surface area contributed by atoms with Gasteiger partial charge in [0.1, 0.15) is 6.04 Å². The monoisotopic (exact) mass is 425 g/mol. The Morgan fingerprint density at radius 3 is 2.44 bits per heavy atom. The number of aryl methyl sites for hydroxylation is 2. The summed E-state index contributed by atoms with van der Waals surface area (Å²) in [6, 6.07) is 15.7. The van der Waals surface area contributed by atoms with Crippen molar-refractivity contribution in [1.29, 1.82) is 0 Å². The van der Waals surface area contributed by atoms with Crippen LogP contribution in [0.4, 0.5) is 0 Å². The van der Waals surface area contributed by atoms with Gasteiger partial charge in [0.15, 0.2) is 0 Å². The number of rotatable bonds is 6. The van der Waals surface area contributed by atoms with E-state index in [0.717, 1.165) is 21.2 Å². The summed E-state index contributed by atoms with van der Waals surface area (Å²) in [5, 5.41) is 3.35. The van der Waals surface area contributed by atoms with E-state index in [9.17, 15) is 9.70 Å². The van der Waals surface area contributed by atoms with Gasteiger partial charge in [-0.1, -0.05) is 57.5 Å². The largest absolute Gasteiger partial charge is 0.347 e. The number of nitrogens with zero attached hydrogens (tertiary/aromatic N) is 3. The zero-order valence-electron chi connectivity index (χ0n) is 15.2. The van der Waals surface area contributed by atoms with Crippen molar-refractivity contribution in [3.05, 3.63) is 103 Å². The fourth-order valence-corrected chi connectivity index (χ4v) is 3.55. The van der Waals surface area contributed by atoms with E-state index in [1.165, 1.54) is 10.8 Å². The molecular formula is C21H20BrN3O2. The van der Waals surface area contributed by atoms with Crippen molar-refractivity contribution >= 4 is 15.9 Å². The van der Waals surface area contributed by atoms with Crippen molar-refractivity contribution in [2.45, 2.75) is 25.3 Å². The SMILES string of the molecule is Cc1ccccc1C(CC(N=O)c1cnc(=O)n(C)c1)c1ccc(Br)cc1. The average Bonchev–Trinajstić information content (AvgIpc) is 2.67. The van der Waals surface area contributed by atoms with E-state index in [1.807, 2.05) is 24.3 Å². The van der Waals surface area contributed by atoms with Gasteiger partial charge in [-0.2, -0.15) is 4.91 Å². The number of hydrogen-bond donors (Lipinski definition) is 0. The molecular weight excluding hydrogens is 406 g/mol. The van der Waals surface area contributed by atoms with Gasteiger partial charge < -0.3 is 4.57 Å². The van der Waals surface area contributed by atoms with Crippen molar-refractivity contribution in [1.82, 2.24) is 9.55 Å². The quantitative estimate of drug-likeness (QED) is 0.528. The number of hydrogen-bond acceptors (Lipinski definition) is 4. The number of nitroso groups, excluding NO2 is 1. The molecule has 0 amide bonds. The molecule has 6 heteroatoms. The van der Waals surface area contributed by atoms with Crippen molar-refractivity contribution in [3.8, 4) is 0 Å². The van der Waals surface area contributed by atoms with E-state index in [0.29, 0.717) is 12.0 Å². The molecule has 1 heterocycles. The summed E-state index contributed by atoms with van der Waals surface area (Å²) in [7, 11) is 1.62. The topological polar surface area (TPSA) is 64.3 Å². The van der Waals surface area contributed by atoms with Crippen LogP contribution in [0.1, 0.15) is 40.6 Å². The maximum atomic E-state index is 11.7. The van der Waals surface area contributed by atoms with Gasteiger partial charge in [-0.3, -0.25) is 0 Å². The highest BCUT2D eigenvalue weighted by Crippen LogP contribution is 2.37. The molecule has 0 radical (unpaired) electrons. The van der Waals surface area contributed by atoms with E-state index < -0.39 is 6.04 Å². The van der Waals surface area contributed by atoms with Crippen LogP contribution in [0.25, 0.3) is 0 Å². The molecule has 0 spiro atoms. The second kappa shape index (κ2) is 8.39. The van der Waals surface area contributed by atoms with Crippen molar-refractivity contribution in [3.63, 3.8) is 0 Å². The molecule has 0 N–H and O–H groups in total. The zero-order valence-corrected chi connectivity index (χ0v) is 16.8. The Bertz CT molecular complexity index is 999. The highest BCUT2D eigenvalue weighted by molar-refractivity contribution is 9.10. The predicted molar refractivity (Wildman–Crippen MR) is 110 cm³/mol. The fourth-order valence-electron chi connectivity index (χ4n) is 3.28. The Morgan fingerprint density at radius 1 is 1.11 bits per heavy atom. The van der Waals surface area contributed by atoms with Crippen LogP contribution in [0.2, 0.25) is 0 Å². The van der Waals surface area contributed by atoms with Gasteiger partial charge in [-0.15, -0.1) is 0 Å². The maximum absolute atomic E-state index is 11.7. The molecule has 138 valence electrons. The van der Waals surface area contributed by atoms with Crippen LogP contribution < -0.4 is 5.69 Å². The highest BCUT2D eigenvalue weighted by atomic mass is 79.9. The van der Waals surface area contributed by atoms with Gasteiger partial charge in [0.2, 0.25) is 0 Å². The molecule has 3 aromatic rings. The lowest BCUT2D eigenvalue weighted by atomic mass is 9.83. The molecule has 27 heavy (non-hydrogen) atoms. The van der Waals surface area contributed by atoms with Crippen LogP contribution in [0.3, 0.4) is 0 Å². The van der Waals surface area contributed by atoms with Gasteiger partial charge in [0, 0.05) is 35.4 Å². The van der Waals surface area contributed by atoms with Crippen molar-refractivity contribution in [2.75, 3.05) is 0 Å². The zero-order chi connectivity index (χ0) is 19.4. The van der Waals surface area contributed by atoms with E-state index in [-0.39, 0.29) is 11.6 Å². The van der Waals surface area contributed by atoms with E-state index in [4.69, 9.17) is 0 Å². The molecule has 2 atom stereocenters. The molecule has 0 bridgehead atoms. The van der Waals surface area contributed by atoms with E-state index in [1.54, 1.807) is 13.2 Å². The first-order valence-corrected chi connectivity index (χ1v) is 9.45. The molecule has 2 aromatic carbocycles. The molecule has 0 aliphatic rings. The van der Waals surface area contributed by atoms with E-state index >= 15 is 0 Å². The Kier molecular flexibility index (Phi) is 5.96. The average molecular weight is 426 g/mol. The Balaban J connectivity index is 2.03. The van der Waals surface area contributed by atoms with Gasteiger partial charge in [0.05, 0.1) is 0 Å². The van der Waals surface area contributed by atoms with Gasteiger partial charge in [-0.25, -0.2) is 9.78 Å². The first kappa shape index (κ1) is 19.2. The smallest absolute Gasteiger partial charge is 0.302 e. The lowest BCUT2D eigenvalue weighted by Crippen LogP contribution is -2.20. The van der Waals surface area contributed by atoms with Gasteiger partial charge in [0.25, 0.3) is 0 Å². The van der Waals surface area contributed by atoms with Crippen LogP contribution in [0.5, 0.6) is 0 Å². The summed E-state index contributed by atoms with van der Waals surface area (Å²) in [6.45, 7) is 2.07. The summed E-state index contributed by atoms with van der Waals surface area (Å²) >= 11 is 3.47. The number of halogens is 1. The molecule has 1 aromatic heterocycles. The second-order valence-electron chi connectivity index (χ2n) is 6.60. The predicted octanol–water partition coefficient (Wildman–Crippen LogP) is 4.88. The van der Waals surface area contributed by atoms with Gasteiger partial charge in [-0.05, 0) is 42.2 Å². The molecule has 0 fully saturated rings. The minimum absolute atomic E-state index is 0.000709. The number of aromatic nitrogens is 2. The Labute approximate surface area is 166 Å². The summed E-state index contributed by atoms with van der Waals surface area (Å²) in [4.78, 5) is 27.1. The molecule has 5 nitrogen and oxygen atoms in total. The van der Waals surface area contributed by atoms with Crippen LogP contribution >= 0.6 is 15.9 Å². The molecule has 0 aliphatic carbocycles. The molecule has 2 unspecified atom stereocenters. The van der Waals surface area contributed by atoms with Crippen LogP contribution in [-0.4, -0.2) is 9.55 Å². The molecule has 0 saturated carbocycles. The fraction of sp³-hybridized carbons (Fsp3) is 0.238. The minimum atomic E-state index is -0.599.